The second-order valence-corrected chi connectivity index (χ2v) is 10.8. The first-order valence-corrected chi connectivity index (χ1v) is 14.4. The number of hydrogen-bond donors (Lipinski definition) is 2. The molecule has 1 aliphatic heterocycles. The largest absolute Gasteiger partial charge is 0.460 e. The number of nitrogens with one attached hydrogen (secondary N) is 1. The van der Waals surface area contributed by atoms with Crippen molar-refractivity contribution in [3.05, 3.63) is 120 Å². The van der Waals surface area contributed by atoms with Gasteiger partial charge in [0.2, 0.25) is 0 Å². The fraction of sp³-hybridized carbons (Fsp3) is 0.265. The number of nitrogens with two attached hydrogens (primary N) is 1. The number of carbonyl (C=O) groups excluding carboxylic acids is 3. The molecule has 3 N–H and O–H groups in total. The van der Waals surface area contributed by atoms with Gasteiger partial charge in [-0.2, -0.15) is 0 Å². The molecule has 3 aromatic carbocycles. The van der Waals surface area contributed by atoms with E-state index in [2.05, 4.69) is 17.1 Å². The lowest BCUT2D eigenvalue weighted by Crippen LogP contribution is -2.53. The van der Waals surface area contributed by atoms with E-state index in [0.29, 0.717) is 37.4 Å². The van der Waals surface area contributed by atoms with Gasteiger partial charge in [-0.25, -0.2) is 4.79 Å². The van der Waals surface area contributed by atoms with Crippen LogP contribution in [0.1, 0.15) is 40.9 Å². The van der Waals surface area contributed by atoms with Gasteiger partial charge in [-0.3, -0.25) is 9.59 Å². The monoisotopic (exact) mass is 580 g/mol. The maximum Gasteiger partial charge on any atom is 0.316 e. The molecule has 9 nitrogen and oxygen atoms in total. The van der Waals surface area contributed by atoms with Gasteiger partial charge >= 0.3 is 12.0 Å². The lowest BCUT2D eigenvalue weighted by molar-refractivity contribution is -0.147. The van der Waals surface area contributed by atoms with Crippen molar-refractivity contribution in [2.45, 2.75) is 31.9 Å². The Labute approximate surface area is 251 Å². The van der Waals surface area contributed by atoms with E-state index in [9.17, 15) is 14.4 Å². The Bertz CT molecular complexity index is 1510. The number of hydrogen-bond acceptors (Lipinski definition) is 6. The molecule has 5 rings (SSSR count). The molecule has 9 heteroatoms. The molecule has 1 aromatic heterocycles. The first kappa shape index (κ1) is 29.6. The highest BCUT2D eigenvalue weighted by atomic mass is 16.5. The summed E-state index contributed by atoms with van der Waals surface area (Å²) in [5.74, 6) is -0.701. The van der Waals surface area contributed by atoms with Crippen molar-refractivity contribution in [1.29, 1.82) is 0 Å². The van der Waals surface area contributed by atoms with Crippen LogP contribution in [0.15, 0.2) is 108 Å². The van der Waals surface area contributed by atoms with Crippen LogP contribution < -0.4 is 16.0 Å². The third kappa shape index (κ3) is 7.50. The molecule has 1 aliphatic rings. The number of ether oxygens (including phenoxy) is 1. The van der Waals surface area contributed by atoms with Gasteiger partial charge in [0.05, 0.1) is 12.2 Å². The van der Waals surface area contributed by atoms with Crippen LogP contribution in [0.3, 0.4) is 0 Å². The summed E-state index contributed by atoms with van der Waals surface area (Å²) in [6.45, 7) is 4.16. The topological polar surface area (TPSA) is 118 Å². The van der Waals surface area contributed by atoms with Crippen molar-refractivity contribution < 1.29 is 23.5 Å². The zero-order chi connectivity index (χ0) is 30.2. The summed E-state index contributed by atoms with van der Waals surface area (Å²) < 4.78 is 11.3. The van der Waals surface area contributed by atoms with Gasteiger partial charge in [0.15, 0.2) is 5.76 Å². The number of likely N-dealkylation sites (tertiary alicyclic amines) is 1. The van der Waals surface area contributed by atoms with Gasteiger partial charge in [-0.05, 0) is 53.8 Å². The lowest BCUT2D eigenvalue weighted by Gasteiger charge is -2.43. The van der Waals surface area contributed by atoms with E-state index >= 15 is 0 Å². The highest BCUT2D eigenvalue weighted by molar-refractivity contribution is 6.05. The molecule has 0 aliphatic carbocycles. The van der Waals surface area contributed by atoms with Gasteiger partial charge in [0, 0.05) is 37.1 Å². The minimum atomic E-state index is -0.682. The average molecular weight is 581 g/mol. The standard InChI is InChI=1S/C34H36N4O5/c1-24-21-37(22-29(26-12-6-3-7-13-26)33(40)43-23-25-10-4-2-5-11-25)18-17-30(24)38(32(39)31-16-9-19-42-31)28-15-8-14-27(20-28)36-34(35)41/h2-16,19-20,24,29-30H,17-18,21-23H2,1H3,(H3,35,36,41)/t24-,29?,30+/m0/s1. The Hall–Kier alpha value is -4.89. The van der Waals surface area contributed by atoms with E-state index in [1.807, 2.05) is 66.7 Å². The Morgan fingerprint density at radius 1 is 1.00 bits per heavy atom. The van der Waals surface area contributed by atoms with E-state index in [1.54, 1.807) is 35.2 Å². The molecule has 4 aromatic rings. The molecule has 0 bridgehead atoms. The molecule has 1 saturated heterocycles. The molecule has 1 fully saturated rings. The van der Waals surface area contributed by atoms with Gasteiger partial charge in [0.1, 0.15) is 6.61 Å². The molecule has 0 saturated carbocycles. The second kappa shape index (κ2) is 13.8. The highest BCUT2D eigenvalue weighted by Crippen LogP contribution is 2.32. The number of rotatable bonds is 10. The number of carbonyl (C=O) groups is 3. The van der Waals surface area contributed by atoms with Crippen LogP contribution in [0.5, 0.6) is 0 Å². The maximum atomic E-state index is 13.8. The molecular weight excluding hydrogens is 544 g/mol. The van der Waals surface area contributed by atoms with Crippen molar-refractivity contribution in [3.63, 3.8) is 0 Å². The molecule has 2 heterocycles. The van der Waals surface area contributed by atoms with Crippen LogP contribution >= 0.6 is 0 Å². The summed E-state index contributed by atoms with van der Waals surface area (Å²) in [7, 11) is 0. The molecule has 3 amide bonds. The third-order valence-electron chi connectivity index (χ3n) is 7.77. The number of nitrogens with zero attached hydrogens (tertiary/aromatic N) is 2. The van der Waals surface area contributed by atoms with Gasteiger partial charge < -0.3 is 30.0 Å². The summed E-state index contributed by atoms with van der Waals surface area (Å²) in [6, 6.07) is 28.9. The Kier molecular flexibility index (Phi) is 9.53. The molecule has 1 unspecified atom stereocenters. The number of esters is 1. The van der Waals surface area contributed by atoms with Gasteiger partial charge in [-0.1, -0.05) is 73.7 Å². The zero-order valence-electron chi connectivity index (χ0n) is 24.1. The van der Waals surface area contributed by atoms with Crippen molar-refractivity contribution in [3.8, 4) is 0 Å². The second-order valence-electron chi connectivity index (χ2n) is 10.8. The lowest BCUT2D eigenvalue weighted by atomic mass is 9.90. The highest BCUT2D eigenvalue weighted by Gasteiger charge is 2.37. The number of urea groups is 1. The molecular formula is C34H36N4O5. The van der Waals surface area contributed by atoms with Crippen molar-refractivity contribution in [2.75, 3.05) is 29.9 Å². The molecule has 3 atom stereocenters. The third-order valence-corrected chi connectivity index (χ3v) is 7.77. The minimum absolute atomic E-state index is 0.0529. The number of piperidine rings is 1. The van der Waals surface area contributed by atoms with Crippen molar-refractivity contribution in [1.82, 2.24) is 4.90 Å². The number of furan rings is 1. The molecule has 0 radical (unpaired) electrons. The Morgan fingerprint density at radius 3 is 2.42 bits per heavy atom. The summed E-state index contributed by atoms with van der Waals surface area (Å²) >= 11 is 0. The van der Waals surface area contributed by atoms with Crippen LogP contribution in [-0.4, -0.2) is 48.5 Å². The van der Waals surface area contributed by atoms with Crippen LogP contribution in [-0.2, 0) is 16.1 Å². The SMILES string of the molecule is C[C@H]1CN(CC(C(=O)OCc2ccccc2)c2ccccc2)CC[C@H]1N(C(=O)c1ccco1)c1cccc(NC(N)=O)c1. The van der Waals surface area contributed by atoms with E-state index < -0.39 is 11.9 Å². The van der Waals surface area contributed by atoms with Crippen LogP contribution in [0.25, 0.3) is 0 Å². The number of anilines is 2. The summed E-state index contributed by atoms with van der Waals surface area (Å²) in [4.78, 5) is 42.7. The van der Waals surface area contributed by atoms with Gasteiger partial charge in [0.25, 0.3) is 5.91 Å². The van der Waals surface area contributed by atoms with E-state index in [4.69, 9.17) is 14.9 Å². The maximum absolute atomic E-state index is 13.8. The smallest absolute Gasteiger partial charge is 0.316 e. The van der Waals surface area contributed by atoms with E-state index in [-0.39, 0.29) is 36.2 Å². The predicted molar refractivity (Wildman–Crippen MR) is 165 cm³/mol. The van der Waals surface area contributed by atoms with Crippen molar-refractivity contribution >= 4 is 29.3 Å². The van der Waals surface area contributed by atoms with Crippen LogP contribution in [0.2, 0.25) is 0 Å². The first-order chi connectivity index (χ1) is 20.9. The molecule has 0 spiro atoms. The fourth-order valence-electron chi connectivity index (χ4n) is 5.71. The predicted octanol–water partition coefficient (Wildman–Crippen LogP) is 5.65. The summed E-state index contributed by atoms with van der Waals surface area (Å²) in [5.41, 5.74) is 8.30. The van der Waals surface area contributed by atoms with Crippen LogP contribution in [0.4, 0.5) is 16.2 Å². The molecule has 43 heavy (non-hydrogen) atoms. The Morgan fingerprint density at radius 2 is 1.74 bits per heavy atom. The van der Waals surface area contributed by atoms with E-state index in [1.165, 1.54) is 6.26 Å². The Balaban J connectivity index is 1.33. The van der Waals surface area contributed by atoms with Gasteiger partial charge in [-0.15, -0.1) is 0 Å². The van der Waals surface area contributed by atoms with Crippen molar-refractivity contribution in [2.24, 2.45) is 11.7 Å². The first-order valence-electron chi connectivity index (χ1n) is 14.4. The quantitative estimate of drug-likeness (QED) is 0.234. The van der Waals surface area contributed by atoms with Crippen LogP contribution in [0, 0.1) is 5.92 Å². The average Bonchev–Trinajstić information content (AvgIpc) is 3.56. The minimum Gasteiger partial charge on any atom is -0.460 e. The molecule has 222 valence electrons. The number of primary amides is 1. The fourth-order valence-corrected chi connectivity index (χ4v) is 5.71. The zero-order valence-corrected chi connectivity index (χ0v) is 24.1. The number of benzene rings is 3. The summed E-state index contributed by atoms with van der Waals surface area (Å²) in [5, 5.41) is 2.59. The normalized spacial score (nSPS) is 17.5. The van der Waals surface area contributed by atoms with E-state index in [0.717, 1.165) is 11.1 Å². The summed E-state index contributed by atoms with van der Waals surface area (Å²) in [6.07, 6.45) is 2.14. The number of amides is 3.